The maximum Gasteiger partial charge on any atom is 0.244 e. The van der Waals surface area contributed by atoms with Crippen LogP contribution in [-0.4, -0.2) is 28.1 Å². The fourth-order valence-corrected chi connectivity index (χ4v) is 1.86. The van der Waals surface area contributed by atoms with E-state index in [2.05, 4.69) is 21.0 Å². The van der Waals surface area contributed by atoms with E-state index in [9.17, 15) is 0 Å². The van der Waals surface area contributed by atoms with E-state index >= 15 is 0 Å². The van der Waals surface area contributed by atoms with E-state index in [-0.39, 0.29) is 6.04 Å². The summed E-state index contributed by atoms with van der Waals surface area (Å²) in [7, 11) is 0. The Labute approximate surface area is 97.0 Å². The minimum atomic E-state index is 0.229. The van der Waals surface area contributed by atoms with Crippen LogP contribution in [0, 0.1) is 19.3 Å². The predicted octanol–water partition coefficient (Wildman–Crippen LogP) is 2.17. The maximum absolute atomic E-state index is 5.30. The Bertz CT molecular complexity index is 353. The number of hydrogen-bond acceptors (Lipinski definition) is 4. The first-order chi connectivity index (χ1) is 7.81. The SMILES string of the molecule is C#CCN1CCCC1c1nc(C)no1.CC. The molecule has 0 bridgehead atoms. The second kappa shape index (κ2) is 6.29. The van der Waals surface area contributed by atoms with Crippen molar-refractivity contribution in [1.29, 1.82) is 0 Å². The van der Waals surface area contributed by atoms with Crippen LogP contribution < -0.4 is 0 Å². The molecule has 88 valence electrons. The molecule has 1 aliphatic heterocycles. The van der Waals surface area contributed by atoms with E-state index in [1.165, 1.54) is 0 Å². The van der Waals surface area contributed by atoms with Crippen molar-refractivity contribution in [2.24, 2.45) is 0 Å². The van der Waals surface area contributed by atoms with Crippen molar-refractivity contribution in [3.8, 4) is 12.3 Å². The van der Waals surface area contributed by atoms with Gasteiger partial charge in [-0.3, -0.25) is 4.90 Å². The van der Waals surface area contributed by atoms with Crippen molar-refractivity contribution in [3.63, 3.8) is 0 Å². The van der Waals surface area contributed by atoms with Crippen LogP contribution in [0.1, 0.15) is 44.4 Å². The molecule has 1 saturated heterocycles. The van der Waals surface area contributed by atoms with Crippen LogP contribution in [0.2, 0.25) is 0 Å². The molecule has 1 unspecified atom stereocenters. The second-order valence-electron chi connectivity index (χ2n) is 3.51. The highest BCUT2D eigenvalue weighted by molar-refractivity contribution is 4.99. The predicted molar refractivity (Wildman–Crippen MR) is 62.8 cm³/mol. The van der Waals surface area contributed by atoms with E-state index in [0.29, 0.717) is 18.3 Å². The molecule has 0 aromatic carbocycles. The molecule has 1 fully saturated rings. The van der Waals surface area contributed by atoms with Gasteiger partial charge in [0.2, 0.25) is 5.89 Å². The van der Waals surface area contributed by atoms with Crippen LogP contribution >= 0.6 is 0 Å². The van der Waals surface area contributed by atoms with Crippen molar-refractivity contribution in [2.75, 3.05) is 13.1 Å². The van der Waals surface area contributed by atoms with Gasteiger partial charge < -0.3 is 4.52 Å². The summed E-state index contributed by atoms with van der Waals surface area (Å²) in [5, 5.41) is 3.79. The molecular formula is C12H19N3O. The Kier molecular flexibility index (Phi) is 5.00. The molecule has 0 radical (unpaired) electrons. The summed E-state index contributed by atoms with van der Waals surface area (Å²) in [6.07, 6.45) is 7.50. The third-order valence-electron chi connectivity index (χ3n) is 2.49. The van der Waals surface area contributed by atoms with Gasteiger partial charge in [0.15, 0.2) is 5.82 Å². The molecule has 4 heteroatoms. The first-order valence-electron chi connectivity index (χ1n) is 5.79. The number of rotatable bonds is 2. The smallest absolute Gasteiger partial charge is 0.244 e. The Morgan fingerprint density at radius 2 is 2.31 bits per heavy atom. The van der Waals surface area contributed by atoms with Crippen molar-refractivity contribution >= 4 is 0 Å². The molecular weight excluding hydrogens is 202 g/mol. The highest BCUT2D eigenvalue weighted by Gasteiger charge is 2.29. The zero-order chi connectivity index (χ0) is 12.0. The lowest BCUT2D eigenvalue weighted by atomic mass is 10.2. The first kappa shape index (κ1) is 12.7. The molecule has 1 aliphatic rings. The summed E-state index contributed by atoms with van der Waals surface area (Å²) < 4.78 is 5.15. The quantitative estimate of drug-likeness (QED) is 0.718. The van der Waals surface area contributed by atoms with Gasteiger partial charge in [-0.15, -0.1) is 6.42 Å². The van der Waals surface area contributed by atoms with Gasteiger partial charge in [0.05, 0.1) is 12.6 Å². The number of likely N-dealkylation sites (tertiary alicyclic amines) is 1. The van der Waals surface area contributed by atoms with Crippen molar-refractivity contribution in [2.45, 2.75) is 39.7 Å². The Balaban J connectivity index is 0.000000606. The molecule has 0 spiro atoms. The zero-order valence-electron chi connectivity index (χ0n) is 10.2. The molecule has 4 nitrogen and oxygen atoms in total. The third kappa shape index (κ3) is 2.83. The summed E-state index contributed by atoms with van der Waals surface area (Å²) in [6, 6.07) is 0.229. The molecule has 0 N–H and O–H groups in total. The molecule has 16 heavy (non-hydrogen) atoms. The lowest BCUT2D eigenvalue weighted by Crippen LogP contribution is -2.23. The Hall–Kier alpha value is -1.34. The Morgan fingerprint density at radius 1 is 1.56 bits per heavy atom. The summed E-state index contributed by atoms with van der Waals surface area (Å²) in [4.78, 5) is 6.44. The van der Waals surface area contributed by atoms with Crippen LogP contribution in [0.25, 0.3) is 0 Å². The van der Waals surface area contributed by atoms with Gasteiger partial charge in [-0.1, -0.05) is 24.9 Å². The largest absolute Gasteiger partial charge is 0.338 e. The van der Waals surface area contributed by atoms with Crippen LogP contribution in [0.15, 0.2) is 4.52 Å². The van der Waals surface area contributed by atoms with Crippen LogP contribution in [0.3, 0.4) is 0 Å². The summed E-state index contributed by atoms with van der Waals surface area (Å²) in [6.45, 7) is 7.51. The van der Waals surface area contributed by atoms with Gasteiger partial charge in [0.1, 0.15) is 0 Å². The van der Waals surface area contributed by atoms with Gasteiger partial charge in [-0.05, 0) is 26.3 Å². The molecule has 2 rings (SSSR count). The van der Waals surface area contributed by atoms with Gasteiger partial charge in [0.25, 0.3) is 0 Å². The van der Waals surface area contributed by atoms with Crippen LogP contribution in [-0.2, 0) is 0 Å². The van der Waals surface area contributed by atoms with E-state index in [1.54, 1.807) is 0 Å². The standard InChI is InChI=1S/C10H13N3O.C2H6/c1-3-6-13-7-4-5-9(13)10-11-8(2)12-14-10;1-2/h1,9H,4-7H2,2H3;1-2H3. The number of nitrogens with zero attached hydrogens (tertiary/aromatic N) is 3. The Morgan fingerprint density at radius 3 is 2.88 bits per heavy atom. The summed E-state index contributed by atoms with van der Waals surface area (Å²) in [5.41, 5.74) is 0. The van der Waals surface area contributed by atoms with Gasteiger partial charge in [-0.25, -0.2) is 0 Å². The third-order valence-corrected chi connectivity index (χ3v) is 2.49. The summed E-state index contributed by atoms with van der Waals surface area (Å²) in [5.74, 6) is 4.04. The molecule has 2 heterocycles. The lowest BCUT2D eigenvalue weighted by Gasteiger charge is -2.17. The van der Waals surface area contributed by atoms with Crippen LogP contribution in [0.5, 0.6) is 0 Å². The fourth-order valence-electron chi connectivity index (χ4n) is 1.86. The maximum atomic E-state index is 5.30. The molecule has 1 aromatic rings. The average Bonchev–Trinajstić information content (AvgIpc) is 2.90. The normalized spacial score (nSPS) is 20.0. The van der Waals surface area contributed by atoms with Crippen molar-refractivity contribution < 1.29 is 4.52 Å². The molecule has 1 aromatic heterocycles. The van der Waals surface area contributed by atoms with Gasteiger partial charge in [-0.2, -0.15) is 4.98 Å². The van der Waals surface area contributed by atoms with Gasteiger partial charge in [0, 0.05) is 0 Å². The fraction of sp³-hybridized carbons (Fsp3) is 0.667. The van der Waals surface area contributed by atoms with E-state index < -0.39 is 0 Å². The molecule has 0 amide bonds. The van der Waals surface area contributed by atoms with E-state index in [0.717, 1.165) is 19.4 Å². The minimum Gasteiger partial charge on any atom is -0.338 e. The zero-order valence-corrected chi connectivity index (χ0v) is 10.2. The first-order valence-corrected chi connectivity index (χ1v) is 5.79. The lowest BCUT2D eigenvalue weighted by molar-refractivity contribution is 0.228. The topological polar surface area (TPSA) is 42.2 Å². The molecule has 0 aliphatic carbocycles. The average molecular weight is 221 g/mol. The minimum absolute atomic E-state index is 0.229. The highest BCUT2D eigenvalue weighted by Crippen LogP contribution is 2.29. The van der Waals surface area contributed by atoms with E-state index in [1.807, 2.05) is 20.8 Å². The summed E-state index contributed by atoms with van der Waals surface area (Å²) >= 11 is 0. The highest BCUT2D eigenvalue weighted by atomic mass is 16.5. The second-order valence-corrected chi connectivity index (χ2v) is 3.51. The number of aryl methyl sites for hydroxylation is 1. The number of aromatic nitrogens is 2. The van der Waals surface area contributed by atoms with Crippen LogP contribution in [0.4, 0.5) is 0 Å². The molecule has 1 atom stereocenters. The van der Waals surface area contributed by atoms with Crippen molar-refractivity contribution in [3.05, 3.63) is 11.7 Å². The number of hydrogen-bond donors (Lipinski definition) is 0. The monoisotopic (exact) mass is 221 g/mol. The van der Waals surface area contributed by atoms with Crippen molar-refractivity contribution in [1.82, 2.24) is 15.0 Å². The molecule has 0 saturated carbocycles. The van der Waals surface area contributed by atoms with E-state index in [4.69, 9.17) is 10.9 Å². The number of terminal acetylenes is 1. The van der Waals surface area contributed by atoms with Gasteiger partial charge >= 0.3 is 0 Å².